The Kier molecular flexibility index (Phi) is 8.56. The standard InChI is InChI=1S/C22H30N2O6S/c1-6-13-30-18-9-7-17(8-10-18)24(31(5,26)27)15-22(25)23-16(2)20-14-19(28-3)11-12-21(20)29-4/h7-12,14,16H,6,13,15H2,1-5H3,(H,23,25)/t16-/m0/s1. The minimum absolute atomic E-state index is 0.357. The van der Waals surface area contributed by atoms with Gasteiger partial charge in [-0.3, -0.25) is 9.10 Å². The van der Waals surface area contributed by atoms with Crippen LogP contribution in [0.2, 0.25) is 0 Å². The van der Waals surface area contributed by atoms with Crippen molar-refractivity contribution in [3.8, 4) is 17.2 Å². The van der Waals surface area contributed by atoms with Crippen LogP contribution in [0.15, 0.2) is 42.5 Å². The highest BCUT2D eigenvalue weighted by atomic mass is 32.2. The molecule has 0 unspecified atom stereocenters. The van der Waals surface area contributed by atoms with Gasteiger partial charge in [0.1, 0.15) is 23.8 Å². The van der Waals surface area contributed by atoms with Crippen molar-refractivity contribution in [1.82, 2.24) is 5.32 Å². The minimum Gasteiger partial charge on any atom is -0.497 e. The SMILES string of the molecule is CCCOc1ccc(N(CC(=O)N[C@@H](C)c2cc(OC)ccc2OC)S(C)(=O)=O)cc1. The molecule has 0 spiro atoms. The molecule has 0 bridgehead atoms. The lowest BCUT2D eigenvalue weighted by Gasteiger charge is -2.24. The summed E-state index contributed by atoms with van der Waals surface area (Å²) < 4.78 is 41.9. The number of amides is 1. The minimum atomic E-state index is -3.68. The van der Waals surface area contributed by atoms with Crippen LogP contribution < -0.4 is 23.8 Å². The van der Waals surface area contributed by atoms with Gasteiger partial charge in [0.2, 0.25) is 15.9 Å². The zero-order valence-electron chi connectivity index (χ0n) is 18.5. The average molecular weight is 451 g/mol. The van der Waals surface area contributed by atoms with Crippen molar-refractivity contribution in [2.75, 3.05) is 37.9 Å². The summed E-state index contributed by atoms with van der Waals surface area (Å²) in [4.78, 5) is 12.7. The van der Waals surface area contributed by atoms with Crippen LogP contribution in [0.5, 0.6) is 17.2 Å². The molecule has 170 valence electrons. The predicted molar refractivity (Wildman–Crippen MR) is 121 cm³/mol. The fourth-order valence-electron chi connectivity index (χ4n) is 3.00. The summed E-state index contributed by atoms with van der Waals surface area (Å²) in [6.07, 6.45) is 1.93. The highest BCUT2D eigenvalue weighted by molar-refractivity contribution is 7.92. The quantitative estimate of drug-likeness (QED) is 0.565. The molecular weight excluding hydrogens is 420 g/mol. The molecule has 0 fully saturated rings. The third-order valence-electron chi connectivity index (χ3n) is 4.57. The van der Waals surface area contributed by atoms with E-state index in [2.05, 4.69) is 5.32 Å². The molecule has 8 nitrogen and oxygen atoms in total. The smallest absolute Gasteiger partial charge is 0.241 e. The van der Waals surface area contributed by atoms with Crippen LogP contribution in [0.4, 0.5) is 5.69 Å². The van der Waals surface area contributed by atoms with Gasteiger partial charge in [0, 0.05) is 5.56 Å². The van der Waals surface area contributed by atoms with Crippen LogP contribution in [-0.2, 0) is 14.8 Å². The van der Waals surface area contributed by atoms with E-state index in [1.54, 1.807) is 63.6 Å². The third kappa shape index (κ3) is 6.78. The normalized spacial score (nSPS) is 12.0. The van der Waals surface area contributed by atoms with E-state index >= 15 is 0 Å². The second kappa shape index (κ2) is 10.9. The van der Waals surface area contributed by atoms with Crippen LogP contribution in [0.25, 0.3) is 0 Å². The summed E-state index contributed by atoms with van der Waals surface area (Å²) in [5.41, 5.74) is 1.10. The third-order valence-corrected chi connectivity index (χ3v) is 5.71. The Bertz CT molecular complexity index is 976. The summed E-state index contributed by atoms with van der Waals surface area (Å²) in [5.74, 6) is 1.41. The van der Waals surface area contributed by atoms with E-state index in [1.807, 2.05) is 6.92 Å². The summed E-state index contributed by atoms with van der Waals surface area (Å²) in [7, 11) is -0.586. The fourth-order valence-corrected chi connectivity index (χ4v) is 3.86. The Morgan fingerprint density at radius 1 is 1.06 bits per heavy atom. The molecule has 0 aromatic heterocycles. The Labute approximate surface area is 184 Å². The van der Waals surface area contributed by atoms with Crippen LogP contribution in [0.1, 0.15) is 31.9 Å². The average Bonchev–Trinajstić information content (AvgIpc) is 2.75. The number of ether oxygens (including phenoxy) is 3. The molecular formula is C22H30N2O6S. The molecule has 0 heterocycles. The second-order valence-electron chi connectivity index (χ2n) is 7.01. The van der Waals surface area contributed by atoms with E-state index in [0.29, 0.717) is 29.5 Å². The summed E-state index contributed by atoms with van der Waals surface area (Å²) >= 11 is 0. The highest BCUT2D eigenvalue weighted by Crippen LogP contribution is 2.29. The van der Waals surface area contributed by atoms with Crippen LogP contribution in [0.3, 0.4) is 0 Å². The summed E-state index contributed by atoms with van der Waals surface area (Å²) in [6, 6.07) is 11.5. The van der Waals surface area contributed by atoms with Crippen LogP contribution in [-0.4, -0.2) is 48.0 Å². The number of carbonyl (C=O) groups is 1. The number of carbonyl (C=O) groups excluding carboxylic acids is 1. The van der Waals surface area contributed by atoms with Gasteiger partial charge in [0.05, 0.1) is 38.8 Å². The van der Waals surface area contributed by atoms with E-state index in [0.717, 1.165) is 22.5 Å². The Morgan fingerprint density at radius 3 is 2.26 bits per heavy atom. The molecule has 31 heavy (non-hydrogen) atoms. The lowest BCUT2D eigenvalue weighted by atomic mass is 10.1. The highest BCUT2D eigenvalue weighted by Gasteiger charge is 2.23. The van der Waals surface area contributed by atoms with Gasteiger partial charge < -0.3 is 19.5 Å². The van der Waals surface area contributed by atoms with Crippen molar-refractivity contribution in [2.45, 2.75) is 26.3 Å². The van der Waals surface area contributed by atoms with Crippen LogP contribution in [0, 0.1) is 0 Å². The Morgan fingerprint density at radius 2 is 1.71 bits per heavy atom. The number of rotatable bonds is 11. The van der Waals surface area contributed by atoms with Gasteiger partial charge in [-0.05, 0) is 55.8 Å². The Balaban J connectivity index is 2.16. The van der Waals surface area contributed by atoms with E-state index in [9.17, 15) is 13.2 Å². The molecule has 2 aromatic carbocycles. The van der Waals surface area contributed by atoms with Gasteiger partial charge in [-0.25, -0.2) is 8.42 Å². The van der Waals surface area contributed by atoms with Crippen molar-refractivity contribution < 1.29 is 27.4 Å². The number of methoxy groups -OCH3 is 2. The van der Waals surface area contributed by atoms with Crippen molar-refractivity contribution in [1.29, 1.82) is 0 Å². The van der Waals surface area contributed by atoms with Crippen molar-refractivity contribution in [2.24, 2.45) is 0 Å². The topological polar surface area (TPSA) is 94.2 Å². The first-order valence-corrected chi connectivity index (χ1v) is 11.8. The van der Waals surface area contributed by atoms with E-state index in [-0.39, 0.29) is 6.54 Å². The molecule has 0 radical (unpaired) electrons. The first-order valence-electron chi connectivity index (χ1n) is 9.91. The summed E-state index contributed by atoms with van der Waals surface area (Å²) in [6.45, 7) is 4.01. The first kappa shape index (κ1) is 24.3. The number of nitrogens with zero attached hydrogens (tertiary/aromatic N) is 1. The molecule has 1 atom stereocenters. The fraction of sp³-hybridized carbons (Fsp3) is 0.409. The lowest BCUT2D eigenvalue weighted by molar-refractivity contribution is -0.120. The number of hydrogen-bond donors (Lipinski definition) is 1. The zero-order chi connectivity index (χ0) is 23.0. The van der Waals surface area contributed by atoms with E-state index in [4.69, 9.17) is 14.2 Å². The molecule has 0 saturated carbocycles. The zero-order valence-corrected chi connectivity index (χ0v) is 19.4. The molecule has 0 aliphatic heterocycles. The first-order chi connectivity index (χ1) is 14.7. The van der Waals surface area contributed by atoms with Crippen molar-refractivity contribution in [3.05, 3.63) is 48.0 Å². The van der Waals surface area contributed by atoms with Gasteiger partial charge in [-0.15, -0.1) is 0 Å². The van der Waals surface area contributed by atoms with E-state index < -0.39 is 22.0 Å². The molecule has 1 amide bonds. The maximum absolute atomic E-state index is 12.7. The lowest BCUT2D eigenvalue weighted by Crippen LogP contribution is -2.41. The molecule has 0 aliphatic rings. The maximum Gasteiger partial charge on any atom is 0.241 e. The molecule has 2 rings (SSSR count). The summed E-state index contributed by atoms with van der Waals surface area (Å²) in [5, 5.41) is 2.83. The van der Waals surface area contributed by atoms with Crippen LogP contribution >= 0.6 is 0 Å². The van der Waals surface area contributed by atoms with Gasteiger partial charge in [-0.2, -0.15) is 0 Å². The molecule has 0 aliphatic carbocycles. The number of hydrogen-bond acceptors (Lipinski definition) is 6. The monoisotopic (exact) mass is 450 g/mol. The number of nitrogens with one attached hydrogen (secondary N) is 1. The molecule has 2 aromatic rings. The Hall–Kier alpha value is -2.94. The van der Waals surface area contributed by atoms with Gasteiger partial charge in [0.25, 0.3) is 0 Å². The second-order valence-corrected chi connectivity index (χ2v) is 8.92. The molecule has 0 saturated heterocycles. The van der Waals surface area contributed by atoms with Crippen molar-refractivity contribution in [3.63, 3.8) is 0 Å². The maximum atomic E-state index is 12.7. The largest absolute Gasteiger partial charge is 0.497 e. The van der Waals surface area contributed by atoms with E-state index in [1.165, 1.54) is 0 Å². The van der Waals surface area contributed by atoms with Gasteiger partial charge in [-0.1, -0.05) is 6.92 Å². The number of benzene rings is 2. The number of sulfonamides is 1. The van der Waals surface area contributed by atoms with Gasteiger partial charge in [0.15, 0.2) is 0 Å². The predicted octanol–water partition coefficient (Wildman–Crippen LogP) is 3.14. The molecule has 1 N–H and O–H groups in total. The molecule has 9 heteroatoms. The van der Waals surface area contributed by atoms with Gasteiger partial charge >= 0.3 is 0 Å². The number of anilines is 1. The van der Waals surface area contributed by atoms with Crippen molar-refractivity contribution >= 4 is 21.6 Å².